The molecule has 0 fully saturated rings. The Morgan fingerprint density at radius 3 is 2.85 bits per heavy atom. The van der Waals surface area contributed by atoms with Gasteiger partial charge in [0.1, 0.15) is 0 Å². The van der Waals surface area contributed by atoms with Crippen molar-refractivity contribution in [2.45, 2.75) is 25.8 Å². The number of imidazole rings is 1. The lowest BCUT2D eigenvalue weighted by molar-refractivity contribution is 0.102. The summed E-state index contributed by atoms with van der Waals surface area (Å²) >= 11 is 13.4. The summed E-state index contributed by atoms with van der Waals surface area (Å²) in [7, 11) is 0. The van der Waals surface area contributed by atoms with Crippen molar-refractivity contribution in [2.24, 2.45) is 0 Å². The predicted octanol–water partition coefficient (Wildman–Crippen LogP) is 5.02. The molecule has 2 N–H and O–H groups in total. The molecule has 0 aliphatic carbocycles. The summed E-state index contributed by atoms with van der Waals surface area (Å²) < 4.78 is 4.11. The molecule has 3 heterocycles. The second-order valence-electron chi connectivity index (χ2n) is 6.13. The second kappa shape index (κ2) is 6.90. The minimum atomic E-state index is -0.186. The van der Waals surface area contributed by atoms with E-state index < -0.39 is 0 Å². The molecule has 0 saturated carbocycles. The smallest absolute Gasteiger partial charge is 0.256 e. The van der Waals surface area contributed by atoms with Gasteiger partial charge in [-0.1, -0.05) is 11.6 Å². The van der Waals surface area contributed by atoms with Gasteiger partial charge in [0.2, 0.25) is 5.88 Å². The molecule has 1 amide bonds. The molecule has 0 atom stereocenters. The molecule has 1 aliphatic heterocycles. The number of benzene rings is 1. The van der Waals surface area contributed by atoms with Gasteiger partial charge in [-0.05, 0) is 61.1 Å². The molecule has 4 rings (SSSR count). The van der Waals surface area contributed by atoms with Crippen molar-refractivity contribution in [3.05, 3.63) is 56.1 Å². The number of carbonyl (C=O) groups is 1. The topological polar surface area (TPSA) is 59.2 Å². The van der Waals surface area contributed by atoms with Gasteiger partial charge in [-0.2, -0.15) is 11.3 Å². The first-order chi connectivity index (χ1) is 12.6. The van der Waals surface area contributed by atoms with Crippen LogP contribution in [0.4, 0.5) is 5.69 Å². The maximum Gasteiger partial charge on any atom is 0.256 e. The minimum absolute atomic E-state index is 0.145. The quantitative estimate of drug-likeness (QED) is 0.601. The molecule has 5 nitrogen and oxygen atoms in total. The van der Waals surface area contributed by atoms with E-state index in [1.807, 2.05) is 9.95 Å². The maximum absolute atomic E-state index is 12.2. The number of thiophene rings is 1. The van der Waals surface area contributed by atoms with Crippen molar-refractivity contribution in [1.29, 1.82) is 0 Å². The van der Waals surface area contributed by atoms with E-state index in [0.29, 0.717) is 26.7 Å². The SMILES string of the molecule is O=C(Nc1ccc(-n2c(O)c3n(c2=S)CCCC3)c(Cl)c1)c1ccsc1. The zero-order chi connectivity index (χ0) is 18.3. The van der Waals surface area contributed by atoms with Crippen molar-refractivity contribution in [3.8, 4) is 11.6 Å². The van der Waals surface area contributed by atoms with Gasteiger partial charge in [-0.3, -0.25) is 9.36 Å². The summed E-state index contributed by atoms with van der Waals surface area (Å²) in [6.07, 6.45) is 2.88. The lowest BCUT2D eigenvalue weighted by Gasteiger charge is -2.12. The molecule has 0 bridgehead atoms. The molecule has 8 heteroatoms. The van der Waals surface area contributed by atoms with E-state index in [9.17, 15) is 9.90 Å². The van der Waals surface area contributed by atoms with Crippen LogP contribution in [-0.4, -0.2) is 20.1 Å². The number of aromatic hydroxyl groups is 1. The summed E-state index contributed by atoms with van der Waals surface area (Å²) in [6, 6.07) is 6.94. The standard InChI is InChI=1S/C18H16ClN3O2S2/c19-13-9-12(20-16(23)11-6-8-26-10-11)4-5-14(13)22-17(24)15-3-1-2-7-21(15)18(22)25/h4-6,8-10,24H,1-3,7H2,(H,20,23). The first kappa shape index (κ1) is 17.3. The molecule has 1 aliphatic rings. The number of carbonyl (C=O) groups excluding carboxylic acids is 1. The van der Waals surface area contributed by atoms with E-state index in [1.54, 1.807) is 34.2 Å². The molecule has 0 unspecified atom stereocenters. The monoisotopic (exact) mass is 405 g/mol. The van der Waals surface area contributed by atoms with Crippen LogP contribution in [-0.2, 0) is 13.0 Å². The number of halogens is 1. The van der Waals surface area contributed by atoms with Gasteiger partial charge < -0.3 is 15.0 Å². The van der Waals surface area contributed by atoms with Gasteiger partial charge in [-0.15, -0.1) is 0 Å². The highest BCUT2D eigenvalue weighted by molar-refractivity contribution is 7.71. The largest absolute Gasteiger partial charge is 0.493 e. The van der Waals surface area contributed by atoms with Crippen LogP contribution in [0.2, 0.25) is 5.02 Å². The first-order valence-corrected chi connectivity index (χ1v) is 9.96. The van der Waals surface area contributed by atoms with E-state index in [0.717, 1.165) is 31.5 Å². The maximum atomic E-state index is 12.2. The molecule has 3 aromatic rings. The average molecular weight is 406 g/mol. The van der Waals surface area contributed by atoms with Crippen LogP contribution in [0, 0.1) is 4.77 Å². The fraction of sp³-hybridized carbons (Fsp3) is 0.222. The molecule has 2 aromatic heterocycles. The molecule has 0 spiro atoms. The Kier molecular flexibility index (Phi) is 4.60. The van der Waals surface area contributed by atoms with Crippen molar-refractivity contribution in [3.63, 3.8) is 0 Å². The Hall–Kier alpha value is -2.09. The Labute approximate surface area is 164 Å². The van der Waals surface area contributed by atoms with Gasteiger partial charge in [-0.25, -0.2) is 0 Å². The van der Waals surface area contributed by atoms with Crippen LogP contribution in [0.25, 0.3) is 5.69 Å². The number of nitrogens with zero attached hydrogens (tertiary/aromatic N) is 2. The van der Waals surface area contributed by atoms with E-state index >= 15 is 0 Å². The van der Waals surface area contributed by atoms with Crippen LogP contribution in [0.3, 0.4) is 0 Å². The van der Waals surface area contributed by atoms with Crippen LogP contribution in [0.1, 0.15) is 28.9 Å². The highest BCUT2D eigenvalue weighted by atomic mass is 35.5. The summed E-state index contributed by atoms with van der Waals surface area (Å²) in [5.74, 6) is -0.0412. The summed E-state index contributed by atoms with van der Waals surface area (Å²) in [5, 5.41) is 17.5. The number of aromatic nitrogens is 2. The third-order valence-electron chi connectivity index (χ3n) is 4.49. The van der Waals surface area contributed by atoms with E-state index in [1.165, 1.54) is 11.3 Å². The third kappa shape index (κ3) is 2.96. The zero-order valence-corrected chi connectivity index (χ0v) is 16.1. The fourth-order valence-electron chi connectivity index (χ4n) is 3.20. The van der Waals surface area contributed by atoms with Gasteiger partial charge in [0, 0.05) is 17.6 Å². The summed E-state index contributed by atoms with van der Waals surface area (Å²) in [5.41, 5.74) is 2.65. The first-order valence-electron chi connectivity index (χ1n) is 8.23. The highest BCUT2D eigenvalue weighted by Gasteiger charge is 2.22. The summed E-state index contributed by atoms with van der Waals surface area (Å²) in [6.45, 7) is 0.807. The zero-order valence-electron chi connectivity index (χ0n) is 13.7. The van der Waals surface area contributed by atoms with Gasteiger partial charge in [0.25, 0.3) is 5.91 Å². The number of hydrogen-bond acceptors (Lipinski definition) is 4. The Morgan fingerprint density at radius 2 is 2.15 bits per heavy atom. The Bertz CT molecular complexity index is 1040. The molecule has 1 aromatic carbocycles. The van der Waals surface area contributed by atoms with E-state index in [2.05, 4.69) is 5.32 Å². The Balaban J connectivity index is 1.68. The average Bonchev–Trinajstić information content (AvgIpc) is 3.25. The van der Waals surface area contributed by atoms with Gasteiger partial charge in [0.05, 0.1) is 22.0 Å². The lowest BCUT2D eigenvalue weighted by atomic mass is 10.1. The molecular formula is C18H16ClN3O2S2. The number of hydrogen-bond donors (Lipinski definition) is 2. The lowest BCUT2D eigenvalue weighted by Crippen LogP contribution is -2.11. The number of rotatable bonds is 3. The normalized spacial score (nSPS) is 13.4. The highest BCUT2D eigenvalue weighted by Crippen LogP contribution is 2.33. The number of anilines is 1. The predicted molar refractivity (Wildman–Crippen MR) is 106 cm³/mol. The number of nitrogens with one attached hydrogen (secondary N) is 1. The molecule has 0 radical (unpaired) electrons. The van der Waals surface area contributed by atoms with E-state index in [-0.39, 0.29) is 11.8 Å². The van der Waals surface area contributed by atoms with Gasteiger partial charge >= 0.3 is 0 Å². The summed E-state index contributed by atoms with van der Waals surface area (Å²) in [4.78, 5) is 12.2. The van der Waals surface area contributed by atoms with Crippen LogP contribution in [0.5, 0.6) is 5.88 Å². The number of amides is 1. The molecular weight excluding hydrogens is 390 g/mol. The van der Waals surface area contributed by atoms with Crippen molar-refractivity contribution in [1.82, 2.24) is 9.13 Å². The molecule has 134 valence electrons. The fourth-order valence-corrected chi connectivity index (χ4v) is 4.48. The molecule has 26 heavy (non-hydrogen) atoms. The van der Waals surface area contributed by atoms with E-state index in [4.69, 9.17) is 23.8 Å². The second-order valence-corrected chi connectivity index (χ2v) is 7.68. The van der Waals surface area contributed by atoms with Crippen LogP contribution < -0.4 is 5.32 Å². The number of fused-ring (bicyclic) bond motifs is 1. The van der Waals surface area contributed by atoms with Crippen molar-refractivity contribution < 1.29 is 9.90 Å². The van der Waals surface area contributed by atoms with Crippen LogP contribution >= 0.6 is 35.2 Å². The van der Waals surface area contributed by atoms with Gasteiger partial charge in [0.15, 0.2) is 4.77 Å². The van der Waals surface area contributed by atoms with Crippen molar-refractivity contribution in [2.75, 3.05) is 5.32 Å². The minimum Gasteiger partial charge on any atom is -0.493 e. The molecule has 0 saturated heterocycles. The van der Waals surface area contributed by atoms with Crippen molar-refractivity contribution >= 4 is 46.8 Å². The van der Waals surface area contributed by atoms with Crippen LogP contribution in [0.15, 0.2) is 35.0 Å². The Morgan fingerprint density at radius 1 is 1.31 bits per heavy atom. The third-order valence-corrected chi connectivity index (χ3v) is 5.88.